The van der Waals surface area contributed by atoms with E-state index >= 15 is 0 Å². The van der Waals surface area contributed by atoms with Crippen molar-refractivity contribution in [3.05, 3.63) is 22.8 Å². The predicted octanol–water partition coefficient (Wildman–Crippen LogP) is 5.55. The van der Waals surface area contributed by atoms with E-state index in [0.29, 0.717) is 0 Å². The van der Waals surface area contributed by atoms with Crippen molar-refractivity contribution < 1.29 is 0 Å². The molecule has 0 nitrogen and oxygen atoms in total. The summed E-state index contributed by atoms with van der Waals surface area (Å²) in [5.41, 5.74) is 5.10. The molecule has 0 radical (unpaired) electrons. The van der Waals surface area contributed by atoms with Crippen LogP contribution in [0, 0.1) is 0 Å². The highest BCUT2D eigenvalue weighted by Gasteiger charge is 2.14. The summed E-state index contributed by atoms with van der Waals surface area (Å²) in [6.07, 6.45) is 18.1. The first-order valence-corrected chi connectivity index (χ1v) is 7.26. The minimum absolute atomic E-state index is 1.24. The van der Waals surface area contributed by atoms with Crippen LogP contribution in [0.1, 0.15) is 77.6 Å². The Balaban J connectivity index is 1.94. The topological polar surface area (TPSA) is 0 Å². The van der Waals surface area contributed by atoms with Gasteiger partial charge in [0.05, 0.1) is 0 Å². The van der Waals surface area contributed by atoms with Gasteiger partial charge in [0.25, 0.3) is 0 Å². The Kier molecular flexibility index (Phi) is 4.69. The summed E-state index contributed by atoms with van der Waals surface area (Å²) in [5.74, 6) is 0. The molecule has 0 amide bonds. The average Bonchev–Trinajstić information content (AvgIpc) is 2.60. The minimum atomic E-state index is 1.24. The van der Waals surface area contributed by atoms with Gasteiger partial charge in [0.1, 0.15) is 0 Å². The molecule has 1 fully saturated rings. The van der Waals surface area contributed by atoms with E-state index in [2.05, 4.69) is 13.0 Å². The van der Waals surface area contributed by atoms with Crippen LogP contribution in [0.5, 0.6) is 0 Å². The van der Waals surface area contributed by atoms with Gasteiger partial charge in [-0.3, -0.25) is 0 Å². The van der Waals surface area contributed by atoms with Gasteiger partial charge < -0.3 is 0 Å². The second-order valence-corrected chi connectivity index (χ2v) is 5.52. The molecule has 0 heterocycles. The van der Waals surface area contributed by atoms with Crippen LogP contribution in [0.3, 0.4) is 0 Å². The van der Waals surface area contributed by atoms with E-state index in [0.717, 1.165) is 0 Å². The largest absolute Gasteiger partial charge is 0.0770 e. The Hall–Kier alpha value is -0.520. The van der Waals surface area contributed by atoms with Crippen molar-refractivity contribution in [3.8, 4) is 0 Å². The highest BCUT2D eigenvalue weighted by molar-refractivity contribution is 5.41. The predicted molar refractivity (Wildman–Crippen MR) is 71.6 cm³/mol. The van der Waals surface area contributed by atoms with E-state index in [1.54, 1.807) is 16.7 Å². The second-order valence-electron chi connectivity index (χ2n) is 5.52. The summed E-state index contributed by atoms with van der Waals surface area (Å²) in [7, 11) is 0. The first-order valence-electron chi connectivity index (χ1n) is 7.26. The van der Waals surface area contributed by atoms with E-state index in [1.807, 2.05) is 0 Å². The molecule has 0 heteroatoms. The normalized spacial score (nSPS) is 24.4. The van der Waals surface area contributed by atoms with Gasteiger partial charge in [-0.15, -0.1) is 0 Å². The first-order chi connectivity index (χ1) is 7.88. The quantitative estimate of drug-likeness (QED) is 0.500. The number of hydrogen-bond donors (Lipinski definition) is 0. The van der Waals surface area contributed by atoms with Crippen molar-refractivity contribution in [1.82, 2.24) is 0 Å². The lowest BCUT2D eigenvalue weighted by molar-refractivity contribution is 0.558. The third-order valence-electron chi connectivity index (χ3n) is 4.18. The molecule has 0 aliphatic heterocycles. The molecule has 0 aromatic carbocycles. The zero-order chi connectivity index (χ0) is 11.2. The summed E-state index contributed by atoms with van der Waals surface area (Å²) in [4.78, 5) is 0. The molecular weight excluding hydrogens is 192 g/mol. The van der Waals surface area contributed by atoms with Crippen molar-refractivity contribution >= 4 is 0 Å². The monoisotopic (exact) mass is 218 g/mol. The number of hydrogen-bond acceptors (Lipinski definition) is 0. The molecule has 0 atom stereocenters. The van der Waals surface area contributed by atoms with Crippen LogP contribution in [0.15, 0.2) is 22.8 Å². The number of fused-ring (bicyclic) bond motifs is 1. The Morgan fingerprint density at radius 3 is 2.00 bits per heavy atom. The van der Waals surface area contributed by atoms with Gasteiger partial charge in [-0.05, 0) is 50.2 Å². The molecule has 0 aromatic heterocycles. The smallest absolute Gasteiger partial charge is 0.0130 e. The lowest BCUT2D eigenvalue weighted by atomic mass is 9.94. The van der Waals surface area contributed by atoms with Crippen LogP contribution < -0.4 is 0 Å². The van der Waals surface area contributed by atoms with Crippen LogP contribution in [0.25, 0.3) is 0 Å². The third-order valence-corrected chi connectivity index (χ3v) is 4.18. The molecule has 0 N–H and O–H groups in total. The number of allylic oxidation sites excluding steroid dienone is 4. The molecular formula is C16H26. The van der Waals surface area contributed by atoms with Gasteiger partial charge in [0.15, 0.2) is 0 Å². The van der Waals surface area contributed by atoms with Crippen LogP contribution in [0.4, 0.5) is 0 Å². The van der Waals surface area contributed by atoms with Gasteiger partial charge in [0.2, 0.25) is 0 Å². The fourth-order valence-corrected chi connectivity index (χ4v) is 3.10. The van der Waals surface area contributed by atoms with E-state index in [4.69, 9.17) is 0 Å². The summed E-state index contributed by atoms with van der Waals surface area (Å²) in [6, 6.07) is 0. The van der Waals surface area contributed by atoms with Crippen molar-refractivity contribution in [3.63, 3.8) is 0 Å². The van der Waals surface area contributed by atoms with Gasteiger partial charge in [-0.25, -0.2) is 0 Å². The second kappa shape index (κ2) is 6.27. The minimum Gasteiger partial charge on any atom is -0.0770 e. The molecule has 0 spiro atoms. The van der Waals surface area contributed by atoms with Gasteiger partial charge in [-0.1, -0.05) is 50.2 Å². The lowest BCUT2D eigenvalue weighted by Crippen LogP contribution is -1.92. The van der Waals surface area contributed by atoms with Crippen molar-refractivity contribution in [2.75, 3.05) is 0 Å². The Morgan fingerprint density at radius 1 is 0.750 bits per heavy atom. The van der Waals surface area contributed by atoms with Gasteiger partial charge >= 0.3 is 0 Å². The molecule has 0 saturated heterocycles. The molecule has 2 aliphatic carbocycles. The summed E-state index contributed by atoms with van der Waals surface area (Å²) >= 11 is 0. The maximum atomic E-state index is 2.50. The maximum Gasteiger partial charge on any atom is -0.0130 e. The van der Waals surface area contributed by atoms with E-state index < -0.39 is 0 Å². The standard InChI is InChI=1S/C16H26/c1-14-12-13-15-10-8-6-4-2-3-5-7-9-11-16(14)15/h13H,2-12H2,1H3. The third kappa shape index (κ3) is 3.23. The Bertz CT molecular complexity index is 280. The van der Waals surface area contributed by atoms with E-state index in [9.17, 15) is 0 Å². The summed E-state index contributed by atoms with van der Waals surface area (Å²) in [5, 5.41) is 0. The molecule has 0 unspecified atom stereocenters. The molecule has 0 bridgehead atoms. The average molecular weight is 218 g/mol. The van der Waals surface area contributed by atoms with Crippen molar-refractivity contribution in [1.29, 1.82) is 0 Å². The van der Waals surface area contributed by atoms with Gasteiger partial charge in [-0.2, -0.15) is 0 Å². The highest BCUT2D eigenvalue weighted by Crippen LogP contribution is 2.33. The molecule has 90 valence electrons. The van der Waals surface area contributed by atoms with Crippen LogP contribution in [-0.2, 0) is 0 Å². The molecule has 1 saturated carbocycles. The first kappa shape index (κ1) is 12.0. The van der Waals surface area contributed by atoms with Crippen LogP contribution in [0.2, 0.25) is 0 Å². The molecule has 0 aromatic rings. The summed E-state index contributed by atoms with van der Waals surface area (Å²) < 4.78 is 0. The fraction of sp³-hybridized carbons (Fsp3) is 0.750. The zero-order valence-corrected chi connectivity index (χ0v) is 10.9. The summed E-state index contributed by atoms with van der Waals surface area (Å²) in [6.45, 7) is 2.34. The SMILES string of the molecule is CC1=C2CCCCCCCCCCC2=CC1. The van der Waals surface area contributed by atoms with Crippen molar-refractivity contribution in [2.24, 2.45) is 0 Å². The van der Waals surface area contributed by atoms with Crippen molar-refractivity contribution in [2.45, 2.75) is 77.6 Å². The number of rotatable bonds is 0. The fourth-order valence-electron chi connectivity index (χ4n) is 3.10. The highest BCUT2D eigenvalue weighted by atomic mass is 14.2. The molecule has 2 rings (SSSR count). The van der Waals surface area contributed by atoms with Gasteiger partial charge in [0, 0.05) is 0 Å². The molecule has 2 aliphatic rings. The Labute approximate surface area is 101 Å². The molecule has 16 heavy (non-hydrogen) atoms. The lowest BCUT2D eigenvalue weighted by Gasteiger charge is -2.12. The zero-order valence-electron chi connectivity index (χ0n) is 10.9. The van der Waals surface area contributed by atoms with Crippen LogP contribution in [-0.4, -0.2) is 0 Å². The van der Waals surface area contributed by atoms with E-state index in [-0.39, 0.29) is 0 Å². The van der Waals surface area contributed by atoms with Crippen LogP contribution >= 0.6 is 0 Å². The maximum absolute atomic E-state index is 2.50. The Morgan fingerprint density at radius 2 is 1.31 bits per heavy atom. The van der Waals surface area contributed by atoms with E-state index in [1.165, 1.54) is 70.6 Å².